The Bertz CT molecular complexity index is 330. The van der Waals surface area contributed by atoms with Gasteiger partial charge in [-0.3, -0.25) is 0 Å². The molecule has 0 spiro atoms. The number of aromatic carboxylic acids is 1. The highest BCUT2D eigenvalue weighted by Crippen LogP contribution is 2.24. The van der Waals surface area contributed by atoms with Crippen LogP contribution in [0, 0.1) is 0 Å². The van der Waals surface area contributed by atoms with E-state index in [9.17, 15) is 4.79 Å². The normalized spacial score (nSPS) is 18.3. The number of aromatic nitrogens is 2. The highest BCUT2D eigenvalue weighted by Gasteiger charge is 2.23. The van der Waals surface area contributed by atoms with Crippen molar-refractivity contribution < 1.29 is 19.2 Å². The molecule has 1 aromatic heterocycles. The van der Waals surface area contributed by atoms with E-state index < -0.39 is 5.97 Å². The molecule has 76 valence electrons. The zero-order valence-electron chi connectivity index (χ0n) is 7.47. The standard InChI is InChI=1S/C8H10N2O4/c11-8(12)6-9-7(14-10-6)5-1-3-13-4-2-5/h5H,1-4H2,(H,11,12). The summed E-state index contributed by atoms with van der Waals surface area (Å²) < 4.78 is 10.0. The molecule has 0 aromatic carbocycles. The second-order valence-electron chi connectivity index (χ2n) is 3.15. The summed E-state index contributed by atoms with van der Waals surface area (Å²) in [7, 11) is 0. The van der Waals surface area contributed by atoms with Crippen molar-refractivity contribution in [3.63, 3.8) is 0 Å². The van der Waals surface area contributed by atoms with E-state index in [4.69, 9.17) is 14.4 Å². The minimum atomic E-state index is -1.16. The number of rotatable bonds is 2. The maximum absolute atomic E-state index is 10.5. The molecule has 0 radical (unpaired) electrons. The lowest BCUT2D eigenvalue weighted by molar-refractivity contribution is 0.0679. The SMILES string of the molecule is O=C(O)c1noc(C2CCOCC2)n1. The van der Waals surface area contributed by atoms with Crippen LogP contribution in [-0.4, -0.2) is 34.4 Å². The molecule has 2 rings (SSSR count). The van der Waals surface area contributed by atoms with Crippen LogP contribution >= 0.6 is 0 Å². The van der Waals surface area contributed by atoms with Crippen LogP contribution < -0.4 is 0 Å². The van der Waals surface area contributed by atoms with Crippen LogP contribution in [0.3, 0.4) is 0 Å². The number of nitrogens with zero attached hydrogens (tertiary/aromatic N) is 2. The Hall–Kier alpha value is -1.43. The van der Waals surface area contributed by atoms with E-state index in [1.54, 1.807) is 0 Å². The van der Waals surface area contributed by atoms with Crippen molar-refractivity contribution in [2.45, 2.75) is 18.8 Å². The first-order valence-corrected chi connectivity index (χ1v) is 4.42. The van der Waals surface area contributed by atoms with Crippen LogP contribution in [0.2, 0.25) is 0 Å². The highest BCUT2D eigenvalue weighted by molar-refractivity contribution is 5.82. The van der Waals surface area contributed by atoms with E-state index in [-0.39, 0.29) is 11.7 Å². The lowest BCUT2D eigenvalue weighted by Gasteiger charge is -2.17. The van der Waals surface area contributed by atoms with E-state index in [1.807, 2.05) is 0 Å². The Morgan fingerprint density at radius 3 is 2.71 bits per heavy atom. The minimum absolute atomic E-state index is 0.143. The van der Waals surface area contributed by atoms with Crippen molar-refractivity contribution in [3.05, 3.63) is 11.7 Å². The molecular formula is C8H10N2O4. The largest absolute Gasteiger partial charge is 0.475 e. The molecule has 1 aromatic rings. The molecule has 1 fully saturated rings. The molecule has 1 saturated heterocycles. The maximum atomic E-state index is 10.5. The van der Waals surface area contributed by atoms with Crippen LogP contribution in [0.25, 0.3) is 0 Å². The van der Waals surface area contributed by atoms with Gasteiger partial charge in [0.25, 0.3) is 5.82 Å². The van der Waals surface area contributed by atoms with Gasteiger partial charge in [0.15, 0.2) is 0 Å². The topological polar surface area (TPSA) is 85.5 Å². The second kappa shape index (κ2) is 3.75. The lowest BCUT2D eigenvalue weighted by Crippen LogP contribution is -2.14. The summed E-state index contributed by atoms with van der Waals surface area (Å²) in [6.07, 6.45) is 1.61. The van der Waals surface area contributed by atoms with E-state index in [1.165, 1.54) is 0 Å². The smallest absolute Gasteiger partial charge is 0.377 e. The van der Waals surface area contributed by atoms with Crippen molar-refractivity contribution in [1.82, 2.24) is 10.1 Å². The van der Waals surface area contributed by atoms with E-state index in [0.29, 0.717) is 19.1 Å². The lowest BCUT2D eigenvalue weighted by atomic mass is 10.0. The molecule has 0 saturated carbocycles. The summed E-state index contributed by atoms with van der Waals surface area (Å²) in [6, 6.07) is 0. The summed E-state index contributed by atoms with van der Waals surface area (Å²) in [4.78, 5) is 14.3. The predicted octanol–water partition coefficient (Wildman–Crippen LogP) is 0.662. The predicted molar refractivity (Wildman–Crippen MR) is 44.1 cm³/mol. The van der Waals surface area contributed by atoms with Crippen LogP contribution in [0.4, 0.5) is 0 Å². The van der Waals surface area contributed by atoms with Gasteiger partial charge in [-0.25, -0.2) is 4.79 Å². The third kappa shape index (κ3) is 1.74. The van der Waals surface area contributed by atoms with Crippen molar-refractivity contribution >= 4 is 5.97 Å². The van der Waals surface area contributed by atoms with Crippen molar-refractivity contribution in [2.24, 2.45) is 0 Å². The van der Waals surface area contributed by atoms with Gasteiger partial charge in [-0.2, -0.15) is 4.98 Å². The van der Waals surface area contributed by atoms with Gasteiger partial charge in [0.2, 0.25) is 5.89 Å². The molecule has 0 bridgehead atoms. The van der Waals surface area contributed by atoms with E-state index in [0.717, 1.165) is 12.8 Å². The summed E-state index contributed by atoms with van der Waals surface area (Å²) in [6.45, 7) is 1.32. The molecule has 2 heterocycles. The highest BCUT2D eigenvalue weighted by atomic mass is 16.5. The number of carboxylic acids is 1. The molecule has 1 aliphatic heterocycles. The fraction of sp³-hybridized carbons (Fsp3) is 0.625. The van der Waals surface area contributed by atoms with E-state index in [2.05, 4.69) is 10.1 Å². The van der Waals surface area contributed by atoms with Gasteiger partial charge in [0.1, 0.15) is 0 Å². The summed E-state index contributed by atoms with van der Waals surface area (Å²) in [5, 5.41) is 12.0. The summed E-state index contributed by atoms with van der Waals surface area (Å²) in [5.41, 5.74) is 0. The van der Waals surface area contributed by atoms with E-state index >= 15 is 0 Å². The first kappa shape index (κ1) is 9.14. The molecule has 1 N–H and O–H groups in total. The van der Waals surface area contributed by atoms with Gasteiger partial charge in [0.05, 0.1) is 0 Å². The van der Waals surface area contributed by atoms with Crippen molar-refractivity contribution in [3.8, 4) is 0 Å². The molecule has 1 aliphatic rings. The quantitative estimate of drug-likeness (QED) is 0.751. The Balaban J connectivity index is 2.11. The Kier molecular flexibility index (Phi) is 2.45. The Labute approximate surface area is 79.9 Å². The van der Waals surface area contributed by atoms with Gasteiger partial charge in [-0.05, 0) is 18.0 Å². The molecule has 0 unspecified atom stereocenters. The first-order chi connectivity index (χ1) is 6.77. The minimum Gasteiger partial charge on any atom is -0.475 e. The van der Waals surface area contributed by atoms with Crippen LogP contribution in [0.1, 0.15) is 35.3 Å². The molecule has 0 aliphatic carbocycles. The number of hydrogen-bond acceptors (Lipinski definition) is 5. The zero-order valence-corrected chi connectivity index (χ0v) is 7.47. The molecule has 0 amide bonds. The van der Waals surface area contributed by atoms with Crippen molar-refractivity contribution in [2.75, 3.05) is 13.2 Å². The first-order valence-electron chi connectivity index (χ1n) is 4.42. The summed E-state index contributed by atoms with van der Waals surface area (Å²) in [5.74, 6) is -0.881. The Morgan fingerprint density at radius 2 is 2.14 bits per heavy atom. The van der Waals surface area contributed by atoms with Crippen LogP contribution in [0.15, 0.2) is 4.52 Å². The van der Waals surface area contributed by atoms with Crippen LogP contribution in [-0.2, 0) is 4.74 Å². The van der Waals surface area contributed by atoms with Gasteiger partial charge < -0.3 is 14.4 Å². The molecule has 14 heavy (non-hydrogen) atoms. The van der Waals surface area contributed by atoms with Crippen LogP contribution in [0.5, 0.6) is 0 Å². The maximum Gasteiger partial charge on any atom is 0.377 e. The fourth-order valence-electron chi connectivity index (χ4n) is 1.43. The number of carbonyl (C=O) groups is 1. The zero-order chi connectivity index (χ0) is 9.97. The number of ether oxygens (including phenoxy) is 1. The average Bonchev–Trinajstić information content (AvgIpc) is 2.68. The number of hydrogen-bond donors (Lipinski definition) is 1. The number of carboxylic acid groups (broad SMARTS) is 1. The Morgan fingerprint density at radius 1 is 1.43 bits per heavy atom. The molecule has 6 nitrogen and oxygen atoms in total. The second-order valence-corrected chi connectivity index (χ2v) is 3.15. The monoisotopic (exact) mass is 198 g/mol. The van der Waals surface area contributed by atoms with Crippen molar-refractivity contribution in [1.29, 1.82) is 0 Å². The van der Waals surface area contributed by atoms with Gasteiger partial charge >= 0.3 is 5.97 Å². The van der Waals surface area contributed by atoms with Gasteiger partial charge in [-0.15, -0.1) is 0 Å². The molecule has 0 atom stereocenters. The third-order valence-corrected chi connectivity index (χ3v) is 2.20. The van der Waals surface area contributed by atoms with Gasteiger partial charge in [-0.1, -0.05) is 0 Å². The van der Waals surface area contributed by atoms with Gasteiger partial charge in [0, 0.05) is 19.1 Å². The average molecular weight is 198 g/mol. The fourth-order valence-corrected chi connectivity index (χ4v) is 1.43. The summed E-state index contributed by atoms with van der Waals surface area (Å²) >= 11 is 0. The molecular weight excluding hydrogens is 188 g/mol. The molecule has 6 heteroatoms. The third-order valence-electron chi connectivity index (χ3n) is 2.20.